The van der Waals surface area contributed by atoms with Gasteiger partial charge in [0.2, 0.25) is 0 Å². The molecular weight excluding hydrogens is 241 g/mol. The molecule has 2 radical (unpaired) electrons. The zero-order valence-corrected chi connectivity index (χ0v) is 10.3. The molecular formula is C9H13NSn. The van der Waals surface area contributed by atoms with Crippen LogP contribution in [0.15, 0.2) is 24.3 Å². The van der Waals surface area contributed by atoms with Gasteiger partial charge in [-0.25, -0.2) is 0 Å². The number of rotatable bonds is 2. The minimum absolute atomic E-state index is 1.24. The Morgan fingerprint density at radius 3 is 2.36 bits per heavy atom. The molecule has 0 saturated carbocycles. The first kappa shape index (κ1) is 8.91. The van der Waals surface area contributed by atoms with E-state index in [4.69, 9.17) is 0 Å². The summed E-state index contributed by atoms with van der Waals surface area (Å²) < 4.78 is 1.24. The third-order valence-electron chi connectivity index (χ3n) is 1.69. The molecule has 58 valence electrons. The van der Waals surface area contributed by atoms with E-state index in [1.807, 2.05) is 0 Å². The van der Waals surface area contributed by atoms with Crippen LogP contribution in [0.5, 0.6) is 0 Å². The van der Waals surface area contributed by atoms with Crippen LogP contribution >= 0.6 is 0 Å². The molecule has 1 aromatic carbocycles. The summed E-state index contributed by atoms with van der Waals surface area (Å²) in [5.41, 5.74) is 2.83. The number of para-hydroxylation sites is 1. The fourth-order valence-electron chi connectivity index (χ4n) is 1.12. The summed E-state index contributed by atoms with van der Waals surface area (Å²) in [7, 11) is 4.18. The van der Waals surface area contributed by atoms with Gasteiger partial charge in [-0.3, -0.25) is 0 Å². The topological polar surface area (TPSA) is 3.24 Å². The molecule has 1 rings (SSSR count). The second-order valence-corrected chi connectivity index (χ2v) is 3.89. The fourth-order valence-corrected chi connectivity index (χ4v) is 2.11. The van der Waals surface area contributed by atoms with Gasteiger partial charge >= 0.3 is 81.5 Å². The Labute approximate surface area is 81.5 Å². The van der Waals surface area contributed by atoms with Gasteiger partial charge in [-0.05, 0) is 0 Å². The van der Waals surface area contributed by atoms with Crippen molar-refractivity contribution in [1.82, 2.24) is 0 Å². The maximum atomic E-state index is 2.21. The van der Waals surface area contributed by atoms with Crippen molar-refractivity contribution in [1.29, 1.82) is 0 Å². The Hall–Kier alpha value is -0.181. The molecule has 1 aromatic rings. The van der Waals surface area contributed by atoms with Crippen LogP contribution in [0.2, 0.25) is 0 Å². The zero-order chi connectivity index (χ0) is 8.27. The van der Waals surface area contributed by atoms with Crippen molar-refractivity contribution in [2.24, 2.45) is 0 Å². The Morgan fingerprint density at radius 1 is 1.27 bits per heavy atom. The Morgan fingerprint density at radius 2 is 1.91 bits per heavy atom. The van der Waals surface area contributed by atoms with Gasteiger partial charge in [-0.1, -0.05) is 0 Å². The van der Waals surface area contributed by atoms with Crippen molar-refractivity contribution < 1.29 is 0 Å². The van der Waals surface area contributed by atoms with Crippen LogP contribution in [0.4, 0.5) is 5.69 Å². The van der Waals surface area contributed by atoms with Crippen LogP contribution in [0.1, 0.15) is 5.56 Å². The number of nitrogens with zero attached hydrogens (tertiary/aromatic N) is 1. The number of hydrogen-bond donors (Lipinski definition) is 0. The molecule has 0 fully saturated rings. The standard InChI is InChI=1S/C9H12N.Sn.H/c1-8-6-4-5-7-9(8)10(2)3;;/h4-7H,1H2,2-3H3;;. The molecule has 0 aromatic heterocycles. The normalized spacial score (nSPS) is 9.73. The van der Waals surface area contributed by atoms with Crippen molar-refractivity contribution >= 4 is 28.2 Å². The van der Waals surface area contributed by atoms with Crippen molar-refractivity contribution in [3.63, 3.8) is 0 Å². The molecule has 0 atom stereocenters. The molecule has 2 heteroatoms. The van der Waals surface area contributed by atoms with E-state index in [-0.39, 0.29) is 0 Å². The van der Waals surface area contributed by atoms with E-state index in [1.165, 1.54) is 38.2 Å². The zero-order valence-electron chi connectivity index (χ0n) is 7.04. The Kier molecular flexibility index (Phi) is 3.24. The van der Waals surface area contributed by atoms with Gasteiger partial charge in [0.05, 0.1) is 0 Å². The summed E-state index contributed by atoms with van der Waals surface area (Å²) in [6, 6.07) is 8.58. The predicted octanol–water partition coefficient (Wildman–Crippen LogP) is 1.15. The molecule has 0 amide bonds. The van der Waals surface area contributed by atoms with Crippen LogP contribution in [0.3, 0.4) is 0 Å². The molecule has 0 unspecified atom stereocenters. The summed E-state index contributed by atoms with van der Waals surface area (Å²) in [6.07, 6.45) is 0. The number of benzene rings is 1. The van der Waals surface area contributed by atoms with Crippen LogP contribution in [0, 0.1) is 0 Å². The van der Waals surface area contributed by atoms with Crippen LogP contribution < -0.4 is 4.90 Å². The summed E-state index contributed by atoms with van der Waals surface area (Å²) in [4.78, 5) is 2.17. The van der Waals surface area contributed by atoms with E-state index in [0.29, 0.717) is 0 Å². The number of anilines is 1. The molecule has 0 spiro atoms. The first-order valence-electron chi connectivity index (χ1n) is 3.71. The van der Waals surface area contributed by atoms with Gasteiger partial charge in [0, 0.05) is 0 Å². The van der Waals surface area contributed by atoms with Gasteiger partial charge in [-0.15, -0.1) is 0 Å². The Balaban J connectivity index is 3.02. The van der Waals surface area contributed by atoms with Gasteiger partial charge in [0.25, 0.3) is 0 Å². The first-order chi connectivity index (χ1) is 5.25. The molecule has 0 aliphatic heterocycles. The molecule has 0 bridgehead atoms. The van der Waals surface area contributed by atoms with E-state index >= 15 is 0 Å². The van der Waals surface area contributed by atoms with E-state index in [1.54, 1.807) is 0 Å². The molecule has 0 N–H and O–H groups in total. The van der Waals surface area contributed by atoms with Crippen LogP contribution in [-0.4, -0.2) is 36.6 Å². The quantitative estimate of drug-likeness (QED) is 0.715. The maximum absolute atomic E-state index is 2.21. The summed E-state index contributed by atoms with van der Waals surface area (Å²) >= 11 is 1.30. The third kappa shape index (κ3) is 2.12. The molecule has 0 saturated heterocycles. The van der Waals surface area contributed by atoms with Crippen molar-refractivity contribution in [2.75, 3.05) is 19.0 Å². The Bertz CT molecular complexity index is 233. The monoisotopic (exact) mass is 255 g/mol. The van der Waals surface area contributed by atoms with E-state index in [2.05, 4.69) is 43.3 Å². The molecule has 11 heavy (non-hydrogen) atoms. The van der Waals surface area contributed by atoms with Gasteiger partial charge in [-0.2, -0.15) is 0 Å². The van der Waals surface area contributed by atoms with Gasteiger partial charge in [0.1, 0.15) is 0 Å². The van der Waals surface area contributed by atoms with Crippen molar-refractivity contribution in [2.45, 2.75) is 4.44 Å². The van der Waals surface area contributed by atoms with E-state index in [0.717, 1.165) is 0 Å². The van der Waals surface area contributed by atoms with Gasteiger partial charge in [0.15, 0.2) is 0 Å². The summed E-state index contributed by atoms with van der Waals surface area (Å²) in [5.74, 6) is 0. The van der Waals surface area contributed by atoms with Crippen molar-refractivity contribution in [3.8, 4) is 0 Å². The molecule has 1 nitrogen and oxygen atoms in total. The first-order valence-corrected chi connectivity index (χ1v) is 6.04. The minimum atomic E-state index is 1.24. The number of hydrogen-bond acceptors (Lipinski definition) is 1. The average Bonchev–Trinajstić information content (AvgIpc) is 2.04. The molecule has 0 heterocycles. The second kappa shape index (κ2) is 4.00. The SMILES string of the molecule is CN(C)c1ccccc1[CH2][SnH]. The van der Waals surface area contributed by atoms with Crippen molar-refractivity contribution in [3.05, 3.63) is 29.8 Å². The fraction of sp³-hybridized carbons (Fsp3) is 0.333. The third-order valence-corrected chi connectivity index (χ3v) is 2.95. The average molecular weight is 254 g/mol. The van der Waals surface area contributed by atoms with Gasteiger partial charge < -0.3 is 0 Å². The van der Waals surface area contributed by atoms with Crippen LogP contribution in [0.25, 0.3) is 0 Å². The van der Waals surface area contributed by atoms with E-state index < -0.39 is 0 Å². The predicted molar refractivity (Wildman–Crippen MR) is 51.6 cm³/mol. The van der Waals surface area contributed by atoms with Crippen LogP contribution in [-0.2, 0) is 4.44 Å². The summed E-state index contributed by atoms with van der Waals surface area (Å²) in [6.45, 7) is 0. The summed E-state index contributed by atoms with van der Waals surface area (Å²) in [5, 5.41) is 0. The van der Waals surface area contributed by atoms with E-state index in [9.17, 15) is 0 Å². The molecule has 0 aliphatic carbocycles. The second-order valence-electron chi connectivity index (χ2n) is 2.73. The molecule has 0 aliphatic rings.